The van der Waals surface area contributed by atoms with Crippen molar-refractivity contribution in [1.82, 2.24) is 15.1 Å². The van der Waals surface area contributed by atoms with Gasteiger partial charge in [0.2, 0.25) is 0 Å². The fourth-order valence-corrected chi connectivity index (χ4v) is 1.96. The molecule has 0 aliphatic heterocycles. The van der Waals surface area contributed by atoms with Crippen molar-refractivity contribution < 1.29 is 4.92 Å². The van der Waals surface area contributed by atoms with Gasteiger partial charge in [-0.2, -0.15) is 5.10 Å². The van der Waals surface area contributed by atoms with Crippen molar-refractivity contribution in [1.29, 1.82) is 0 Å². The molecule has 100 valence electrons. The lowest BCUT2D eigenvalue weighted by atomic mass is 10.2. The Morgan fingerprint density at radius 2 is 2.11 bits per heavy atom. The first-order chi connectivity index (χ1) is 9.22. The van der Waals surface area contributed by atoms with Crippen LogP contribution in [-0.2, 0) is 19.6 Å². The Hall–Kier alpha value is -2.21. The zero-order valence-electron chi connectivity index (χ0n) is 10.7. The van der Waals surface area contributed by atoms with Crippen LogP contribution in [0.1, 0.15) is 18.2 Å². The number of rotatable bonds is 6. The zero-order chi connectivity index (χ0) is 13.7. The quantitative estimate of drug-likeness (QED) is 0.637. The van der Waals surface area contributed by atoms with Crippen molar-refractivity contribution in [2.24, 2.45) is 0 Å². The maximum absolute atomic E-state index is 10.9. The Morgan fingerprint density at radius 1 is 1.32 bits per heavy atom. The average molecular weight is 260 g/mol. The van der Waals surface area contributed by atoms with Crippen LogP contribution in [0.3, 0.4) is 0 Å². The molecule has 2 aromatic rings. The first-order valence-electron chi connectivity index (χ1n) is 6.16. The second kappa shape index (κ2) is 6.10. The maximum Gasteiger partial charge on any atom is 0.273 e. The van der Waals surface area contributed by atoms with Crippen LogP contribution in [0.2, 0.25) is 0 Å². The average Bonchev–Trinajstić information content (AvgIpc) is 2.86. The standard InChI is InChI=1S/C13H16N4O2/c1-2-16-12(7-8-15-16)10-14-9-11-5-3-4-6-13(11)17(18)19/h3-8,14H,2,9-10H2,1H3. The van der Waals surface area contributed by atoms with Crippen LogP contribution in [-0.4, -0.2) is 14.7 Å². The first-order valence-corrected chi connectivity index (χ1v) is 6.16. The second-order valence-corrected chi connectivity index (χ2v) is 4.13. The Bertz CT molecular complexity index is 565. The lowest BCUT2D eigenvalue weighted by Gasteiger charge is -2.07. The van der Waals surface area contributed by atoms with Crippen molar-refractivity contribution >= 4 is 5.69 Å². The molecule has 0 aliphatic rings. The van der Waals surface area contributed by atoms with E-state index in [4.69, 9.17) is 0 Å². The van der Waals surface area contributed by atoms with E-state index >= 15 is 0 Å². The molecule has 0 bridgehead atoms. The van der Waals surface area contributed by atoms with E-state index in [0.29, 0.717) is 18.7 Å². The molecule has 1 heterocycles. The van der Waals surface area contributed by atoms with Crippen LogP contribution in [0.4, 0.5) is 5.69 Å². The molecule has 0 saturated carbocycles. The number of nitrogens with one attached hydrogen (secondary N) is 1. The molecule has 0 radical (unpaired) electrons. The summed E-state index contributed by atoms with van der Waals surface area (Å²) in [5.74, 6) is 0. The van der Waals surface area contributed by atoms with Crippen LogP contribution in [0.25, 0.3) is 0 Å². The molecule has 0 fully saturated rings. The molecule has 6 heteroatoms. The lowest BCUT2D eigenvalue weighted by molar-refractivity contribution is -0.385. The number of hydrogen-bond acceptors (Lipinski definition) is 4. The molecule has 0 spiro atoms. The van der Waals surface area contributed by atoms with Gasteiger partial charge in [0.25, 0.3) is 5.69 Å². The highest BCUT2D eigenvalue weighted by molar-refractivity contribution is 5.39. The van der Waals surface area contributed by atoms with Gasteiger partial charge in [-0.1, -0.05) is 18.2 Å². The lowest BCUT2D eigenvalue weighted by Crippen LogP contribution is -2.16. The van der Waals surface area contributed by atoms with E-state index in [9.17, 15) is 10.1 Å². The third-order valence-electron chi connectivity index (χ3n) is 2.91. The maximum atomic E-state index is 10.9. The molecule has 0 saturated heterocycles. The van der Waals surface area contributed by atoms with Crippen LogP contribution in [0.15, 0.2) is 36.5 Å². The summed E-state index contributed by atoms with van der Waals surface area (Å²) in [6.45, 7) is 3.94. The van der Waals surface area contributed by atoms with Crippen LogP contribution in [0, 0.1) is 10.1 Å². The van der Waals surface area contributed by atoms with Gasteiger partial charge in [-0.15, -0.1) is 0 Å². The van der Waals surface area contributed by atoms with Gasteiger partial charge in [0.1, 0.15) is 0 Å². The van der Waals surface area contributed by atoms with Gasteiger partial charge in [0.05, 0.1) is 10.6 Å². The van der Waals surface area contributed by atoms with Crippen LogP contribution < -0.4 is 5.32 Å². The fraction of sp³-hybridized carbons (Fsp3) is 0.308. The van der Waals surface area contributed by atoms with E-state index in [2.05, 4.69) is 10.4 Å². The van der Waals surface area contributed by atoms with Gasteiger partial charge >= 0.3 is 0 Å². The summed E-state index contributed by atoms with van der Waals surface area (Å²) in [6.07, 6.45) is 1.76. The van der Waals surface area contributed by atoms with E-state index in [0.717, 1.165) is 12.2 Å². The Labute approximate surface area is 111 Å². The van der Waals surface area contributed by atoms with E-state index in [1.807, 2.05) is 17.7 Å². The number of aromatic nitrogens is 2. The van der Waals surface area contributed by atoms with Crippen molar-refractivity contribution in [2.45, 2.75) is 26.6 Å². The number of nitro benzene ring substituents is 1. The van der Waals surface area contributed by atoms with Crippen molar-refractivity contribution in [2.75, 3.05) is 0 Å². The Morgan fingerprint density at radius 3 is 2.84 bits per heavy atom. The summed E-state index contributed by atoms with van der Waals surface area (Å²) in [5.41, 5.74) is 1.91. The van der Waals surface area contributed by atoms with E-state index in [1.165, 1.54) is 6.07 Å². The third-order valence-corrected chi connectivity index (χ3v) is 2.91. The van der Waals surface area contributed by atoms with Crippen molar-refractivity contribution in [3.63, 3.8) is 0 Å². The smallest absolute Gasteiger partial charge is 0.273 e. The van der Waals surface area contributed by atoms with Gasteiger partial charge in [-0.05, 0) is 13.0 Å². The Balaban J connectivity index is 1.98. The molecule has 1 N–H and O–H groups in total. The molecule has 0 unspecified atom stereocenters. The summed E-state index contributed by atoms with van der Waals surface area (Å²) in [6, 6.07) is 8.71. The van der Waals surface area contributed by atoms with Crippen molar-refractivity contribution in [3.8, 4) is 0 Å². The zero-order valence-corrected chi connectivity index (χ0v) is 10.7. The molecule has 2 rings (SSSR count). The predicted molar refractivity (Wildman–Crippen MR) is 71.5 cm³/mol. The summed E-state index contributed by atoms with van der Waals surface area (Å²) < 4.78 is 1.90. The third kappa shape index (κ3) is 3.17. The highest BCUT2D eigenvalue weighted by Crippen LogP contribution is 2.17. The largest absolute Gasteiger partial charge is 0.307 e. The molecule has 1 aromatic heterocycles. The molecule has 6 nitrogen and oxygen atoms in total. The first kappa shape index (κ1) is 13.2. The summed E-state index contributed by atoms with van der Waals surface area (Å²) in [7, 11) is 0. The minimum atomic E-state index is -0.354. The summed E-state index contributed by atoms with van der Waals surface area (Å²) in [5, 5.41) is 18.3. The monoisotopic (exact) mass is 260 g/mol. The highest BCUT2D eigenvalue weighted by Gasteiger charge is 2.11. The second-order valence-electron chi connectivity index (χ2n) is 4.13. The van der Waals surface area contributed by atoms with E-state index in [-0.39, 0.29) is 10.6 Å². The Kier molecular flexibility index (Phi) is 4.25. The molecule has 19 heavy (non-hydrogen) atoms. The minimum Gasteiger partial charge on any atom is -0.307 e. The number of nitro groups is 1. The molecular weight excluding hydrogens is 244 g/mol. The van der Waals surface area contributed by atoms with Gasteiger partial charge in [-0.25, -0.2) is 0 Å². The fourth-order valence-electron chi connectivity index (χ4n) is 1.96. The molecular formula is C13H16N4O2. The van der Waals surface area contributed by atoms with E-state index in [1.54, 1.807) is 24.4 Å². The number of hydrogen-bond donors (Lipinski definition) is 1. The van der Waals surface area contributed by atoms with Gasteiger partial charge in [-0.3, -0.25) is 14.8 Å². The summed E-state index contributed by atoms with van der Waals surface area (Å²) >= 11 is 0. The van der Waals surface area contributed by atoms with E-state index < -0.39 is 0 Å². The van der Waals surface area contributed by atoms with Gasteiger partial charge < -0.3 is 5.32 Å². The highest BCUT2D eigenvalue weighted by atomic mass is 16.6. The molecule has 0 aliphatic carbocycles. The number of nitrogens with zero attached hydrogens (tertiary/aromatic N) is 3. The van der Waals surface area contributed by atoms with Crippen LogP contribution >= 0.6 is 0 Å². The van der Waals surface area contributed by atoms with Crippen LogP contribution in [0.5, 0.6) is 0 Å². The molecule has 0 amide bonds. The van der Waals surface area contributed by atoms with Gasteiger partial charge in [0, 0.05) is 37.5 Å². The topological polar surface area (TPSA) is 73.0 Å². The molecule has 1 aromatic carbocycles. The molecule has 0 atom stereocenters. The number of aryl methyl sites for hydroxylation is 1. The SMILES string of the molecule is CCn1nccc1CNCc1ccccc1[N+](=O)[O-]. The predicted octanol–water partition coefficient (Wildman–Crippen LogP) is 2.10. The van der Waals surface area contributed by atoms with Crippen molar-refractivity contribution in [3.05, 3.63) is 57.9 Å². The number of para-hydroxylation sites is 1. The normalized spacial score (nSPS) is 10.6. The summed E-state index contributed by atoms with van der Waals surface area (Å²) in [4.78, 5) is 10.5. The number of benzene rings is 1. The minimum absolute atomic E-state index is 0.152. The van der Waals surface area contributed by atoms with Gasteiger partial charge in [0.15, 0.2) is 0 Å².